The molecule has 0 unspecified atom stereocenters. The molecule has 1 aliphatic rings. The average Bonchev–Trinajstić information content (AvgIpc) is 2.60. The summed E-state index contributed by atoms with van der Waals surface area (Å²) in [6.45, 7) is 7.86. The van der Waals surface area contributed by atoms with E-state index in [2.05, 4.69) is 0 Å². The van der Waals surface area contributed by atoms with Crippen LogP contribution in [0.2, 0.25) is 5.02 Å². The second-order valence-electron chi connectivity index (χ2n) is 6.34. The highest BCUT2D eigenvalue weighted by molar-refractivity contribution is 6.56. The molecule has 3 N–H and O–H groups in total. The summed E-state index contributed by atoms with van der Waals surface area (Å²) in [5.41, 5.74) is 5.58. The van der Waals surface area contributed by atoms with Crippen molar-refractivity contribution in [1.82, 2.24) is 0 Å². The maximum absolute atomic E-state index is 13.5. The number of phenols is 1. The molecule has 0 aliphatic carbocycles. The largest absolute Gasteiger partial charge is 0.506 e. The second kappa shape index (κ2) is 5.85. The molecule has 7 heteroatoms. The molecule has 0 aromatic heterocycles. The van der Waals surface area contributed by atoms with Crippen LogP contribution in [0.1, 0.15) is 33.3 Å². The standard InChI is InChI=1S/C15H20BClFNO3/c1-14(2)15(3,4)22-16(21-14)10(8-19)5-9-6-11(18)7-12(17)13(9)20/h5-7,20H,8,19H2,1-4H3. The van der Waals surface area contributed by atoms with E-state index in [1.807, 2.05) is 27.7 Å². The van der Waals surface area contributed by atoms with Crippen molar-refractivity contribution in [2.75, 3.05) is 6.54 Å². The van der Waals surface area contributed by atoms with Crippen molar-refractivity contribution >= 4 is 24.8 Å². The van der Waals surface area contributed by atoms with Gasteiger partial charge in [-0.25, -0.2) is 4.39 Å². The lowest BCUT2D eigenvalue weighted by Gasteiger charge is -2.32. The van der Waals surface area contributed by atoms with Crippen LogP contribution in [0.15, 0.2) is 17.6 Å². The molecule has 1 aliphatic heterocycles. The molecule has 1 aromatic rings. The van der Waals surface area contributed by atoms with Gasteiger partial charge in [0.15, 0.2) is 0 Å². The van der Waals surface area contributed by atoms with Crippen molar-refractivity contribution in [1.29, 1.82) is 0 Å². The molecule has 0 amide bonds. The Hall–Kier alpha value is -1.08. The summed E-state index contributed by atoms with van der Waals surface area (Å²) in [5.74, 6) is -0.745. The van der Waals surface area contributed by atoms with E-state index < -0.39 is 24.1 Å². The normalized spacial score (nSPS) is 20.5. The fraction of sp³-hybridized carbons (Fsp3) is 0.467. The Labute approximate surface area is 135 Å². The van der Waals surface area contributed by atoms with Crippen LogP contribution in [0.5, 0.6) is 5.75 Å². The summed E-state index contributed by atoms with van der Waals surface area (Å²) in [4.78, 5) is 0. The molecule has 4 nitrogen and oxygen atoms in total. The SMILES string of the molecule is CC1(C)OB(C(=Cc2cc(F)cc(Cl)c2O)CN)OC1(C)C. The number of rotatable bonds is 3. The molecule has 0 saturated carbocycles. The first-order valence-electron chi connectivity index (χ1n) is 7.01. The molecule has 1 fully saturated rings. The van der Waals surface area contributed by atoms with Crippen LogP contribution < -0.4 is 5.73 Å². The summed E-state index contributed by atoms with van der Waals surface area (Å²) < 4.78 is 25.3. The van der Waals surface area contributed by atoms with Gasteiger partial charge in [-0.1, -0.05) is 17.7 Å². The molecule has 1 heterocycles. The molecule has 2 rings (SSSR count). The number of nitrogens with two attached hydrogens (primary N) is 1. The van der Waals surface area contributed by atoms with Gasteiger partial charge < -0.3 is 20.1 Å². The number of aromatic hydroxyl groups is 1. The topological polar surface area (TPSA) is 64.7 Å². The number of phenolic OH excluding ortho intramolecular Hbond substituents is 1. The van der Waals surface area contributed by atoms with Gasteiger partial charge in [-0.2, -0.15) is 0 Å². The number of benzene rings is 1. The fourth-order valence-corrected chi connectivity index (χ4v) is 2.33. The highest BCUT2D eigenvalue weighted by Gasteiger charge is 2.52. The molecule has 0 radical (unpaired) electrons. The van der Waals surface area contributed by atoms with E-state index in [1.165, 1.54) is 6.07 Å². The Morgan fingerprint density at radius 3 is 2.36 bits per heavy atom. The van der Waals surface area contributed by atoms with E-state index in [4.69, 9.17) is 26.6 Å². The van der Waals surface area contributed by atoms with Crippen LogP contribution in [0.25, 0.3) is 6.08 Å². The van der Waals surface area contributed by atoms with Gasteiger partial charge in [0, 0.05) is 12.1 Å². The molecular weight excluding hydrogens is 307 g/mol. The highest BCUT2D eigenvalue weighted by atomic mass is 35.5. The Morgan fingerprint density at radius 1 is 1.32 bits per heavy atom. The summed E-state index contributed by atoms with van der Waals surface area (Å²) in [6, 6.07) is 2.23. The molecule has 1 aromatic carbocycles. The van der Waals surface area contributed by atoms with Gasteiger partial charge in [0.1, 0.15) is 11.6 Å². The first-order chi connectivity index (χ1) is 10.1. The molecule has 0 spiro atoms. The van der Waals surface area contributed by atoms with Gasteiger partial charge in [0.25, 0.3) is 0 Å². The minimum atomic E-state index is -0.656. The summed E-state index contributed by atoms with van der Waals surface area (Å²) in [7, 11) is -0.656. The Kier molecular flexibility index (Phi) is 4.60. The van der Waals surface area contributed by atoms with E-state index >= 15 is 0 Å². The Morgan fingerprint density at radius 2 is 1.86 bits per heavy atom. The first kappa shape index (κ1) is 17.3. The number of hydrogen-bond acceptors (Lipinski definition) is 4. The number of hydrogen-bond donors (Lipinski definition) is 2. The monoisotopic (exact) mass is 327 g/mol. The van der Waals surface area contributed by atoms with Gasteiger partial charge in [0.2, 0.25) is 0 Å². The van der Waals surface area contributed by atoms with Gasteiger partial charge in [0.05, 0.1) is 16.2 Å². The third kappa shape index (κ3) is 3.15. The highest BCUT2D eigenvalue weighted by Crippen LogP contribution is 2.39. The fourth-order valence-electron chi connectivity index (χ4n) is 2.11. The molecule has 0 bridgehead atoms. The zero-order chi connectivity index (χ0) is 16.7. The summed E-state index contributed by atoms with van der Waals surface area (Å²) >= 11 is 5.78. The third-order valence-electron chi connectivity index (χ3n) is 4.19. The maximum atomic E-state index is 13.5. The van der Waals surface area contributed by atoms with E-state index in [0.717, 1.165) is 6.07 Å². The number of halogens is 2. The zero-order valence-corrected chi connectivity index (χ0v) is 13.9. The maximum Gasteiger partial charge on any atom is 0.491 e. The van der Waals surface area contributed by atoms with Crippen molar-refractivity contribution < 1.29 is 18.8 Å². The van der Waals surface area contributed by atoms with E-state index in [1.54, 1.807) is 6.08 Å². The summed E-state index contributed by atoms with van der Waals surface area (Å²) in [5, 5.41) is 9.89. The van der Waals surface area contributed by atoms with Crippen LogP contribution in [-0.2, 0) is 9.31 Å². The van der Waals surface area contributed by atoms with Crippen LogP contribution in [0.4, 0.5) is 4.39 Å². The third-order valence-corrected chi connectivity index (χ3v) is 4.48. The minimum absolute atomic E-state index is 0.0588. The van der Waals surface area contributed by atoms with Crippen molar-refractivity contribution in [2.45, 2.75) is 38.9 Å². The Bertz CT molecular complexity index is 603. The lowest BCUT2D eigenvalue weighted by Crippen LogP contribution is -2.41. The van der Waals surface area contributed by atoms with Crippen LogP contribution in [0, 0.1) is 5.82 Å². The minimum Gasteiger partial charge on any atom is -0.506 e. The Balaban J connectivity index is 2.38. The van der Waals surface area contributed by atoms with Crippen molar-refractivity contribution in [3.8, 4) is 5.75 Å². The molecule has 1 saturated heterocycles. The van der Waals surface area contributed by atoms with Gasteiger partial charge in [-0.15, -0.1) is 0 Å². The van der Waals surface area contributed by atoms with E-state index in [0.29, 0.717) is 5.47 Å². The summed E-state index contributed by atoms with van der Waals surface area (Å²) in [6.07, 6.45) is 1.55. The quantitative estimate of drug-likeness (QED) is 0.837. The van der Waals surface area contributed by atoms with Crippen LogP contribution in [0.3, 0.4) is 0 Å². The smallest absolute Gasteiger partial charge is 0.491 e. The first-order valence-corrected chi connectivity index (χ1v) is 7.39. The average molecular weight is 328 g/mol. The van der Waals surface area contributed by atoms with Crippen molar-refractivity contribution in [2.24, 2.45) is 5.73 Å². The van der Waals surface area contributed by atoms with E-state index in [-0.39, 0.29) is 22.9 Å². The van der Waals surface area contributed by atoms with E-state index in [9.17, 15) is 9.50 Å². The predicted molar refractivity (Wildman–Crippen MR) is 86.2 cm³/mol. The lowest BCUT2D eigenvalue weighted by atomic mass is 9.77. The zero-order valence-electron chi connectivity index (χ0n) is 13.1. The predicted octanol–water partition coefficient (Wildman–Crippen LogP) is 3.16. The molecule has 0 atom stereocenters. The van der Waals surface area contributed by atoms with Gasteiger partial charge in [-0.3, -0.25) is 0 Å². The van der Waals surface area contributed by atoms with Crippen LogP contribution >= 0.6 is 11.6 Å². The van der Waals surface area contributed by atoms with Crippen molar-refractivity contribution in [3.05, 3.63) is 34.0 Å². The molecular formula is C15H20BClFNO3. The van der Waals surface area contributed by atoms with Gasteiger partial charge >= 0.3 is 7.12 Å². The van der Waals surface area contributed by atoms with Crippen LogP contribution in [-0.4, -0.2) is 30.0 Å². The lowest BCUT2D eigenvalue weighted by molar-refractivity contribution is 0.00578. The van der Waals surface area contributed by atoms with Crippen molar-refractivity contribution in [3.63, 3.8) is 0 Å². The molecule has 22 heavy (non-hydrogen) atoms. The second-order valence-corrected chi connectivity index (χ2v) is 6.74. The molecule has 120 valence electrons. The van der Waals surface area contributed by atoms with Gasteiger partial charge in [-0.05, 0) is 45.3 Å².